The fourth-order valence-corrected chi connectivity index (χ4v) is 3.00. The minimum Gasteiger partial charge on any atom is -0.310 e. The van der Waals surface area contributed by atoms with Crippen LogP contribution in [0.2, 0.25) is 0 Å². The van der Waals surface area contributed by atoms with Gasteiger partial charge in [-0.3, -0.25) is 4.90 Å². The zero-order valence-corrected chi connectivity index (χ0v) is 9.21. The first-order chi connectivity index (χ1) is 6.81. The monoisotopic (exact) mass is 194 g/mol. The first-order valence-electron chi connectivity index (χ1n) is 6.31. The highest BCUT2D eigenvalue weighted by Crippen LogP contribution is 2.33. The van der Waals surface area contributed by atoms with E-state index in [2.05, 4.69) is 17.1 Å². The lowest BCUT2D eigenvalue weighted by atomic mass is 9.81. The summed E-state index contributed by atoms with van der Waals surface area (Å²) in [6.07, 6.45) is 7.15. The molecule has 3 aliphatic rings. The van der Waals surface area contributed by atoms with Crippen LogP contribution in [-0.2, 0) is 0 Å². The van der Waals surface area contributed by atoms with Gasteiger partial charge in [0.1, 0.15) is 0 Å². The van der Waals surface area contributed by atoms with Crippen molar-refractivity contribution in [3.8, 4) is 0 Å². The van der Waals surface area contributed by atoms with Gasteiger partial charge in [-0.05, 0) is 38.0 Å². The number of hydrogen-bond donors (Lipinski definition) is 1. The predicted octanol–water partition coefficient (Wildman–Crippen LogP) is 1.61. The molecular formula is C12H22N2. The Hall–Kier alpha value is -0.0800. The minimum absolute atomic E-state index is 0.818. The zero-order valence-electron chi connectivity index (χ0n) is 9.21. The molecule has 1 saturated heterocycles. The van der Waals surface area contributed by atoms with E-state index in [1.54, 1.807) is 0 Å². The summed E-state index contributed by atoms with van der Waals surface area (Å²) < 4.78 is 0. The topological polar surface area (TPSA) is 15.3 Å². The third-order valence-corrected chi connectivity index (χ3v) is 4.13. The lowest BCUT2D eigenvalue weighted by Gasteiger charge is -2.39. The van der Waals surface area contributed by atoms with E-state index >= 15 is 0 Å². The molecule has 3 fully saturated rings. The van der Waals surface area contributed by atoms with Gasteiger partial charge in [-0.25, -0.2) is 0 Å². The van der Waals surface area contributed by atoms with Crippen molar-refractivity contribution < 1.29 is 0 Å². The Balaban J connectivity index is 1.44. The second-order valence-corrected chi connectivity index (χ2v) is 5.65. The highest BCUT2D eigenvalue weighted by Gasteiger charge is 2.36. The third-order valence-electron chi connectivity index (χ3n) is 4.13. The van der Waals surface area contributed by atoms with E-state index < -0.39 is 0 Å². The van der Waals surface area contributed by atoms with Crippen LogP contribution in [0.4, 0.5) is 0 Å². The molecule has 0 radical (unpaired) electrons. The molecule has 2 saturated carbocycles. The summed E-state index contributed by atoms with van der Waals surface area (Å²) in [5.41, 5.74) is 0. The van der Waals surface area contributed by atoms with Crippen LogP contribution in [0, 0.1) is 5.92 Å². The van der Waals surface area contributed by atoms with Gasteiger partial charge in [-0.15, -0.1) is 0 Å². The smallest absolute Gasteiger partial charge is 0.0209 e. The van der Waals surface area contributed by atoms with Crippen molar-refractivity contribution in [2.45, 2.75) is 57.2 Å². The number of likely N-dealkylation sites (tertiary alicyclic amines) is 1. The molecule has 0 spiro atoms. The summed E-state index contributed by atoms with van der Waals surface area (Å²) in [6.45, 7) is 5.06. The molecular weight excluding hydrogens is 172 g/mol. The number of nitrogens with one attached hydrogen (secondary N) is 1. The molecule has 3 rings (SSSR count). The fourth-order valence-electron chi connectivity index (χ4n) is 3.00. The second-order valence-electron chi connectivity index (χ2n) is 5.65. The van der Waals surface area contributed by atoms with Crippen LogP contribution in [0.3, 0.4) is 0 Å². The molecule has 1 aliphatic heterocycles. The van der Waals surface area contributed by atoms with E-state index in [-0.39, 0.29) is 0 Å². The SMILES string of the molecule is CC1CC(N2CCC(NC3CC3)C2)C1. The Kier molecular flexibility index (Phi) is 2.29. The van der Waals surface area contributed by atoms with Gasteiger partial charge in [0.05, 0.1) is 0 Å². The Morgan fingerprint density at radius 1 is 1.07 bits per heavy atom. The highest BCUT2D eigenvalue weighted by molar-refractivity contribution is 4.94. The number of nitrogens with zero attached hydrogens (tertiary/aromatic N) is 1. The number of rotatable bonds is 3. The van der Waals surface area contributed by atoms with Crippen molar-refractivity contribution in [1.82, 2.24) is 10.2 Å². The highest BCUT2D eigenvalue weighted by atomic mass is 15.2. The molecule has 0 bridgehead atoms. The van der Waals surface area contributed by atoms with Gasteiger partial charge < -0.3 is 5.32 Å². The van der Waals surface area contributed by atoms with E-state index in [0.717, 1.165) is 24.0 Å². The molecule has 1 heterocycles. The first kappa shape index (κ1) is 9.17. The lowest BCUT2D eigenvalue weighted by molar-refractivity contribution is 0.107. The van der Waals surface area contributed by atoms with E-state index in [1.807, 2.05) is 0 Å². The number of hydrogen-bond acceptors (Lipinski definition) is 2. The third kappa shape index (κ3) is 1.82. The minimum atomic E-state index is 0.818. The molecule has 80 valence electrons. The van der Waals surface area contributed by atoms with E-state index in [0.29, 0.717) is 0 Å². The summed E-state index contributed by atoms with van der Waals surface area (Å²) in [5, 5.41) is 3.76. The largest absolute Gasteiger partial charge is 0.310 e. The van der Waals surface area contributed by atoms with Gasteiger partial charge in [0.2, 0.25) is 0 Å². The van der Waals surface area contributed by atoms with Crippen LogP contribution in [0.15, 0.2) is 0 Å². The Labute approximate surface area is 87.0 Å². The summed E-state index contributed by atoms with van der Waals surface area (Å²) in [5.74, 6) is 0.996. The van der Waals surface area contributed by atoms with Gasteiger partial charge in [-0.1, -0.05) is 6.92 Å². The molecule has 0 amide bonds. The molecule has 0 aromatic heterocycles. The summed E-state index contributed by atoms with van der Waals surface area (Å²) in [4.78, 5) is 2.72. The standard InChI is InChI=1S/C12H22N2/c1-9-6-12(7-9)14-5-4-11(8-14)13-10-2-3-10/h9-13H,2-8H2,1H3. The maximum absolute atomic E-state index is 3.76. The molecule has 2 heteroatoms. The molecule has 0 aromatic rings. The van der Waals surface area contributed by atoms with Crippen LogP contribution in [0.1, 0.15) is 39.0 Å². The van der Waals surface area contributed by atoms with E-state index in [9.17, 15) is 0 Å². The van der Waals surface area contributed by atoms with Crippen molar-refractivity contribution >= 4 is 0 Å². The summed E-state index contributed by atoms with van der Waals surface area (Å²) in [7, 11) is 0. The van der Waals surface area contributed by atoms with Crippen molar-refractivity contribution in [3.05, 3.63) is 0 Å². The first-order valence-corrected chi connectivity index (χ1v) is 6.31. The molecule has 1 N–H and O–H groups in total. The van der Waals surface area contributed by atoms with Crippen LogP contribution >= 0.6 is 0 Å². The summed E-state index contributed by atoms with van der Waals surface area (Å²) in [6, 6.07) is 2.65. The zero-order chi connectivity index (χ0) is 9.54. The molecule has 2 nitrogen and oxygen atoms in total. The Morgan fingerprint density at radius 2 is 1.86 bits per heavy atom. The van der Waals surface area contributed by atoms with E-state index in [1.165, 1.54) is 45.2 Å². The average molecular weight is 194 g/mol. The van der Waals surface area contributed by atoms with Gasteiger partial charge in [0.25, 0.3) is 0 Å². The molecule has 1 unspecified atom stereocenters. The molecule has 0 aromatic carbocycles. The van der Waals surface area contributed by atoms with Gasteiger partial charge >= 0.3 is 0 Å². The summed E-state index contributed by atoms with van der Waals surface area (Å²) >= 11 is 0. The maximum Gasteiger partial charge on any atom is 0.0209 e. The Morgan fingerprint density at radius 3 is 2.50 bits per heavy atom. The van der Waals surface area contributed by atoms with Crippen LogP contribution < -0.4 is 5.32 Å². The van der Waals surface area contributed by atoms with Crippen molar-refractivity contribution in [2.75, 3.05) is 13.1 Å². The van der Waals surface area contributed by atoms with Crippen LogP contribution in [0.25, 0.3) is 0 Å². The Bertz CT molecular complexity index is 206. The molecule has 1 atom stereocenters. The van der Waals surface area contributed by atoms with Crippen molar-refractivity contribution in [3.63, 3.8) is 0 Å². The van der Waals surface area contributed by atoms with E-state index in [4.69, 9.17) is 0 Å². The van der Waals surface area contributed by atoms with Gasteiger partial charge in [-0.2, -0.15) is 0 Å². The predicted molar refractivity (Wildman–Crippen MR) is 58.3 cm³/mol. The fraction of sp³-hybridized carbons (Fsp3) is 1.00. The average Bonchev–Trinajstić information content (AvgIpc) is 2.78. The molecule has 2 aliphatic carbocycles. The lowest BCUT2D eigenvalue weighted by Crippen LogP contribution is -2.44. The molecule has 14 heavy (non-hydrogen) atoms. The second kappa shape index (κ2) is 3.49. The maximum atomic E-state index is 3.76. The van der Waals surface area contributed by atoms with Gasteiger partial charge in [0.15, 0.2) is 0 Å². The quantitative estimate of drug-likeness (QED) is 0.734. The van der Waals surface area contributed by atoms with Crippen LogP contribution in [0.5, 0.6) is 0 Å². The van der Waals surface area contributed by atoms with Gasteiger partial charge in [0, 0.05) is 31.2 Å². The normalized spacial score (nSPS) is 43.9. The van der Waals surface area contributed by atoms with Crippen molar-refractivity contribution in [2.24, 2.45) is 5.92 Å². The van der Waals surface area contributed by atoms with Crippen molar-refractivity contribution in [1.29, 1.82) is 0 Å². The van der Waals surface area contributed by atoms with Crippen LogP contribution in [-0.4, -0.2) is 36.1 Å².